The molecule has 0 aliphatic heterocycles. The van der Waals surface area contributed by atoms with Crippen LogP contribution in [0.2, 0.25) is 0 Å². The van der Waals surface area contributed by atoms with Crippen LogP contribution in [0.25, 0.3) is 0 Å². The Labute approximate surface area is 176 Å². The van der Waals surface area contributed by atoms with E-state index in [9.17, 15) is 40.3 Å². The zero-order valence-corrected chi connectivity index (χ0v) is 17.2. The summed E-state index contributed by atoms with van der Waals surface area (Å²) in [6.45, 7) is 4.10. The van der Waals surface area contributed by atoms with Gasteiger partial charge in [0.25, 0.3) is 5.91 Å². The minimum atomic E-state index is -6.24. The minimum absolute atomic E-state index is 0.0812. The number of halogens is 7. The topological polar surface area (TPSA) is 72.2 Å². The molecular weight excluding hydrogens is 453 g/mol. The van der Waals surface area contributed by atoms with Crippen molar-refractivity contribution in [2.24, 2.45) is 5.73 Å². The molecule has 2 rings (SSSR count). The highest BCUT2D eigenvalue weighted by Crippen LogP contribution is 2.53. The number of nitrogens with one attached hydrogen (secondary N) is 1. The van der Waals surface area contributed by atoms with Crippen molar-refractivity contribution in [3.63, 3.8) is 0 Å². The van der Waals surface area contributed by atoms with Gasteiger partial charge in [-0.25, -0.2) is 4.39 Å². The van der Waals surface area contributed by atoms with Crippen LogP contribution in [-0.4, -0.2) is 24.2 Å². The summed E-state index contributed by atoms with van der Waals surface area (Å²) in [6.07, 6.45) is -12.5. The molecule has 2 amide bonds. The third kappa shape index (κ3) is 4.25. The number of rotatable bonds is 5. The van der Waals surface area contributed by atoms with E-state index in [2.05, 4.69) is 5.32 Å². The second-order valence-corrected chi connectivity index (χ2v) is 8.21. The van der Waals surface area contributed by atoms with Crippen molar-refractivity contribution >= 4 is 28.8 Å². The third-order valence-corrected chi connectivity index (χ3v) is 5.73. The number of carbonyl (C=O) groups excluding carboxylic acids is 2. The molecule has 0 radical (unpaired) electrons. The van der Waals surface area contributed by atoms with Gasteiger partial charge in [0, 0.05) is 11.3 Å². The molecular formula is C19H17F7N2O2S. The molecule has 1 aromatic carbocycles. The van der Waals surface area contributed by atoms with Crippen LogP contribution in [0.15, 0.2) is 29.6 Å². The van der Waals surface area contributed by atoms with E-state index in [0.717, 1.165) is 24.3 Å². The van der Waals surface area contributed by atoms with E-state index in [0.29, 0.717) is 17.7 Å². The Hall–Kier alpha value is -2.63. The molecule has 12 heteroatoms. The Balaban J connectivity index is 2.42. The molecule has 1 aromatic heterocycles. The van der Waals surface area contributed by atoms with E-state index >= 15 is 0 Å². The van der Waals surface area contributed by atoms with Crippen molar-refractivity contribution in [1.29, 1.82) is 0 Å². The van der Waals surface area contributed by atoms with Gasteiger partial charge < -0.3 is 11.1 Å². The van der Waals surface area contributed by atoms with Crippen LogP contribution in [0.3, 0.4) is 0 Å². The van der Waals surface area contributed by atoms with Crippen molar-refractivity contribution in [3.8, 4) is 0 Å². The van der Waals surface area contributed by atoms with Crippen LogP contribution in [0, 0.1) is 6.92 Å². The Morgan fingerprint density at radius 1 is 0.968 bits per heavy atom. The van der Waals surface area contributed by atoms with Crippen LogP contribution < -0.4 is 11.1 Å². The molecule has 4 nitrogen and oxygen atoms in total. The number of alkyl halides is 7. The lowest BCUT2D eigenvalue weighted by atomic mass is 9.84. The first-order valence-corrected chi connectivity index (χ1v) is 9.45. The van der Waals surface area contributed by atoms with E-state index in [4.69, 9.17) is 5.73 Å². The van der Waals surface area contributed by atoms with Gasteiger partial charge in [-0.15, -0.1) is 11.3 Å². The summed E-state index contributed by atoms with van der Waals surface area (Å²) in [5, 5.41) is 3.88. The maximum Gasteiger partial charge on any atom is 0.435 e. The fourth-order valence-corrected chi connectivity index (χ4v) is 3.74. The maximum absolute atomic E-state index is 14.2. The predicted molar refractivity (Wildman–Crippen MR) is 101 cm³/mol. The van der Waals surface area contributed by atoms with Gasteiger partial charge in [-0.1, -0.05) is 12.1 Å². The lowest BCUT2D eigenvalue weighted by molar-refractivity contribution is -0.348. The average molecular weight is 470 g/mol. The molecule has 0 unspecified atom stereocenters. The number of nitrogens with two attached hydrogens (primary N) is 1. The summed E-state index contributed by atoms with van der Waals surface area (Å²) < 4.78 is 91.8. The van der Waals surface area contributed by atoms with E-state index in [1.165, 1.54) is 25.3 Å². The SMILES string of the molecule is Cc1cc(C(F)(C(F)(F)F)C(F)(F)F)ccc1NC(=O)c1sccc1C(C)(C)C(N)=O. The molecule has 0 saturated carbocycles. The van der Waals surface area contributed by atoms with Gasteiger partial charge in [-0.2, -0.15) is 26.3 Å². The lowest BCUT2D eigenvalue weighted by Crippen LogP contribution is -2.50. The lowest BCUT2D eigenvalue weighted by Gasteiger charge is -2.30. The van der Waals surface area contributed by atoms with Crippen LogP contribution in [0.1, 0.15) is 40.2 Å². The number of amides is 2. The first-order chi connectivity index (χ1) is 13.9. The molecule has 0 saturated heterocycles. The second-order valence-electron chi connectivity index (χ2n) is 7.29. The fourth-order valence-electron chi connectivity index (χ4n) is 2.80. The minimum Gasteiger partial charge on any atom is -0.369 e. The summed E-state index contributed by atoms with van der Waals surface area (Å²) in [4.78, 5) is 24.4. The van der Waals surface area contributed by atoms with Crippen LogP contribution in [0.4, 0.5) is 36.4 Å². The van der Waals surface area contributed by atoms with Gasteiger partial charge >= 0.3 is 18.0 Å². The molecule has 0 atom stereocenters. The molecule has 0 aliphatic rings. The van der Waals surface area contributed by atoms with E-state index in [-0.39, 0.29) is 16.1 Å². The maximum atomic E-state index is 14.2. The van der Waals surface area contributed by atoms with Crippen molar-refractivity contribution in [2.45, 2.75) is 44.2 Å². The second kappa shape index (κ2) is 7.81. The number of aryl methyl sites for hydroxylation is 1. The highest BCUT2D eigenvalue weighted by atomic mass is 32.1. The Morgan fingerprint density at radius 3 is 1.97 bits per heavy atom. The fraction of sp³-hybridized carbons (Fsp3) is 0.368. The highest BCUT2D eigenvalue weighted by Gasteiger charge is 2.73. The van der Waals surface area contributed by atoms with Crippen LogP contribution in [0.5, 0.6) is 0 Å². The van der Waals surface area contributed by atoms with E-state index in [1.54, 1.807) is 0 Å². The van der Waals surface area contributed by atoms with Gasteiger partial charge in [0.2, 0.25) is 5.91 Å². The van der Waals surface area contributed by atoms with Crippen LogP contribution in [-0.2, 0) is 15.9 Å². The summed E-state index contributed by atoms with van der Waals surface area (Å²) in [5.74, 6) is -1.47. The Kier molecular flexibility index (Phi) is 6.21. The number of hydrogen-bond donors (Lipinski definition) is 2. The van der Waals surface area contributed by atoms with Crippen molar-refractivity contribution in [1.82, 2.24) is 0 Å². The smallest absolute Gasteiger partial charge is 0.369 e. The van der Waals surface area contributed by atoms with Gasteiger partial charge in [0.05, 0.1) is 10.3 Å². The van der Waals surface area contributed by atoms with Gasteiger partial charge in [-0.05, 0) is 49.4 Å². The molecule has 0 fully saturated rings. The molecule has 1 heterocycles. The third-order valence-electron chi connectivity index (χ3n) is 4.81. The van der Waals surface area contributed by atoms with Crippen LogP contribution >= 0.6 is 11.3 Å². The Bertz CT molecular complexity index is 995. The zero-order chi connectivity index (χ0) is 24.0. The number of thiophene rings is 1. The summed E-state index contributed by atoms with van der Waals surface area (Å²) >= 11 is 0.964. The molecule has 0 aliphatic carbocycles. The summed E-state index contributed by atoms with van der Waals surface area (Å²) in [7, 11) is 0. The first-order valence-electron chi connectivity index (χ1n) is 8.57. The van der Waals surface area contributed by atoms with Crippen molar-refractivity contribution < 1.29 is 40.3 Å². The van der Waals surface area contributed by atoms with Gasteiger partial charge in [-0.3, -0.25) is 9.59 Å². The number of hydrogen-bond acceptors (Lipinski definition) is 3. The molecule has 2 aromatic rings. The number of primary amides is 1. The zero-order valence-electron chi connectivity index (χ0n) is 16.3. The average Bonchev–Trinajstić information content (AvgIpc) is 3.11. The van der Waals surface area contributed by atoms with Gasteiger partial charge in [0.15, 0.2) is 0 Å². The largest absolute Gasteiger partial charge is 0.435 e. The quantitative estimate of drug-likeness (QED) is 0.578. The number of anilines is 1. The van der Waals surface area contributed by atoms with Crippen molar-refractivity contribution in [3.05, 3.63) is 51.2 Å². The number of carbonyl (C=O) groups is 2. The van der Waals surface area contributed by atoms with Crippen molar-refractivity contribution in [2.75, 3.05) is 5.32 Å². The number of benzene rings is 1. The highest BCUT2D eigenvalue weighted by molar-refractivity contribution is 7.12. The summed E-state index contributed by atoms with van der Waals surface area (Å²) in [5.41, 5.74) is -3.14. The normalized spacial score (nSPS) is 13.2. The van der Waals surface area contributed by atoms with Gasteiger partial charge in [0.1, 0.15) is 0 Å². The molecule has 170 valence electrons. The molecule has 0 spiro atoms. The summed E-state index contributed by atoms with van der Waals surface area (Å²) in [6, 6.07) is 2.94. The first kappa shape index (κ1) is 24.6. The van der Waals surface area contributed by atoms with E-state index in [1.807, 2.05) is 0 Å². The monoisotopic (exact) mass is 470 g/mol. The molecule has 3 N–H and O–H groups in total. The predicted octanol–water partition coefficient (Wildman–Crippen LogP) is 5.36. The molecule has 31 heavy (non-hydrogen) atoms. The molecule has 0 bridgehead atoms. The Morgan fingerprint density at radius 2 is 1.52 bits per heavy atom. The van der Waals surface area contributed by atoms with E-state index < -0.39 is 40.8 Å². The standard InChI is InChI=1S/C19H17F7N2O2S/c1-9-8-10(17(20,18(21,22)23)19(24,25)26)4-5-12(9)28-14(29)13-11(6-7-31-13)16(2,3)15(27)30/h4-8H,1-3H3,(H2,27,30)(H,28,29).